The molecule has 18 heteroatoms. The van der Waals surface area contributed by atoms with Crippen molar-refractivity contribution in [2.45, 2.75) is 77.5 Å². The van der Waals surface area contributed by atoms with E-state index in [9.17, 15) is 23.9 Å². The second kappa shape index (κ2) is 17.4. The molecule has 304 valence electrons. The molecule has 4 atom stereocenters. The number of thiazole rings is 1. The number of halogens is 2. The van der Waals surface area contributed by atoms with E-state index in [1.165, 1.54) is 72.6 Å². The first-order chi connectivity index (χ1) is 27.3. The Bertz CT molecular complexity index is 2320. The lowest BCUT2D eigenvalue weighted by Gasteiger charge is -2.32. The van der Waals surface area contributed by atoms with Crippen molar-refractivity contribution >= 4 is 35.3 Å². The van der Waals surface area contributed by atoms with Crippen molar-refractivity contribution in [3.8, 4) is 23.1 Å². The van der Waals surface area contributed by atoms with Crippen LogP contribution in [0.3, 0.4) is 0 Å². The van der Waals surface area contributed by atoms with E-state index < -0.39 is 59.2 Å². The predicted octanol–water partition coefficient (Wildman–Crippen LogP) is 6.48. The standard InChI is InChI=1S/C40H43F2N8O7S/c1-24(35-46-32(20-58-35)28-13-11-27(19-43)12-14-28)40(54,30-18-29(41)15-16-31(30)42)21-50-23-49(22-45-50)26(3)55-37(52)48(8)34-33(10-9-17-44-34)56-36(51)25(2)47(7)38(53)57-39(4,5)6/h9-18,20,22-26,54H,21H2,1-8H3/q+1/t24-,25?,26?,40+/m0/s1. The molecule has 0 aliphatic rings. The van der Waals surface area contributed by atoms with Gasteiger partial charge in [0, 0.05) is 54.7 Å². The predicted molar refractivity (Wildman–Crippen MR) is 206 cm³/mol. The number of nitriles is 1. The fraction of sp³-hybridized carbons (Fsp3) is 0.350. The lowest BCUT2D eigenvalue weighted by atomic mass is 9.82. The summed E-state index contributed by atoms with van der Waals surface area (Å²) in [4.78, 5) is 49.9. The van der Waals surface area contributed by atoms with Crippen molar-refractivity contribution in [2.24, 2.45) is 0 Å². The summed E-state index contributed by atoms with van der Waals surface area (Å²) in [5.74, 6) is -3.42. The molecule has 58 heavy (non-hydrogen) atoms. The Labute approximate surface area is 337 Å². The Balaban J connectivity index is 1.32. The van der Waals surface area contributed by atoms with Gasteiger partial charge in [-0.05, 0) is 70.2 Å². The van der Waals surface area contributed by atoms with E-state index in [0.717, 1.165) is 33.6 Å². The van der Waals surface area contributed by atoms with Gasteiger partial charge in [0.05, 0.1) is 22.3 Å². The maximum atomic E-state index is 15.4. The summed E-state index contributed by atoms with van der Waals surface area (Å²) >= 11 is 1.23. The molecule has 5 rings (SSSR count). The Morgan fingerprint density at radius 3 is 2.43 bits per heavy atom. The van der Waals surface area contributed by atoms with Crippen molar-refractivity contribution in [1.29, 1.82) is 5.26 Å². The molecule has 2 aromatic carbocycles. The molecule has 2 amide bonds. The third kappa shape index (κ3) is 9.79. The van der Waals surface area contributed by atoms with E-state index in [0.29, 0.717) is 16.3 Å². The summed E-state index contributed by atoms with van der Waals surface area (Å²) in [6.45, 7) is 9.39. The molecule has 0 saturated heterocycles. The summed E-state index contributed by atoms with van der Waals surface area (Å²) in [6.07, 6.45) is 1.52. The number of benzene rings is 2. The normalized spacial score (nSPS) is 14.0. The number of ether oxygens (including phenoxy) is 3. The van der Waals surface area contributed by atoms with Gasteiger partial charge >= 0.3 is 18.2 Å². The van der Waals surface area contributed by atoms with Gasteiger partial charge in [0.15, 0.2) is 11.6 Å². The lowest BCUT2D eigenvalue weighted by molar-refractivity contribution is -0.753. The van der Waals surface area contributed by atoms with Crippen molar-refractivity contribution in [3.05, 3.63) is 107 Å². The lowest BCUT2D eigenvalue weighted by Crippen LogP contribution is -2.45. The largest absolute Gasteiger partial charge is 0.444 e. The molecular formula is C40H43F2N8O7S+. The van der Waals surface area contributed by atoms with E-state index >= 15 is 4.39 Å². The zero-order valence-electron chi connectivity index (χ0n) is 33.1. The highest BCUT2D eigenvalue weighted by atomic mass is 32.1. The number of rotatable bonds is 12. The number of pyridine rings is 1. The first-order valence-corrected chi connectivity index (χ1v) is 18.8. The van der Waals surface area contributed by atoms with Crippen LogP contribution in [-0.4, -0.2) is 73.6 Å². The molecule has 3 heterocycles. The number of nitrogens with zero attached hydrogens (tertiary/aromatic N) is 8. The van der Waals surface area contributed by atoms with Crippen LogP contribution in [0.25, 0.3) is 11.3 Å². The van der Waals surface area contributed by atoms with Crippen LogP contribution in [0.1, 0.15) is 69.8 Å². The van der Waals surface area contributed by atoms with Crippen LogP contribution in [0.4, 0.5) is 24.2 Å². The molecule has 3 aromatic heterocycles. The molecule has 0 aliphatic carbocycles. The number of esters is 1. The van der Waals surface area contributed by atoms with Crippen molar-refractivity contribution in [3.63, 3.8) is 0 Å². The van der Waals surface area contributed by atoms with E-state index in [4.69, 9.17) is 24.5 Å². The number of hydrogen-bond donors (Lipinski definition) is 1. The van der Waals surface area contributed by atoms with Crippen LogP contribution in [0.2, 0.25) is 0 Å². The zero-order chi connectivity index (χ0) is 42.5. The summed E-state index contributed by atoms with van der Waals surface area (Å²) in [6, 6.07) is 13.6. The molecule has 0 aliphatic heterocycles. The highest BCUT2D eigenvalue weighted by molar-refractivity contribution is 7.10. The molecule has 5 aromatic rings. The number of aliphatic hydroxyl groups is 1. The van der Waals surface area contributed by atoms with E-state index in [2.05, 4.69) is 16.2 Å². The van der Waals surface area contributed by atoms with Gasteiger partial charge in [-0.3, -0.25) is 9.80 Å². The zero-order valence-corrected chi connectivity index (χ0v) is 33.9. The van der Waals surface area contributed by atoms with Gasteiger partial charge < -0.3 is 19.3 Å². The van der Waals surface area contributed by atoms with Crippen molar-refractivity contribution in [1.82, 2.24) is 24.6 Å². The molecule has 0 saturated carbocycles. The second-order valence-electron chi connectivity index (χ2n) is 14.5. The monoisotopic (exact) mass is 817 g/mol. The molecule has 15 nitrogen and oxygen atoms in total. The third-order valence-corrected chi connectivity index (χ3v) is 10.2. The molecule has 0 radical (unpaired) electrons. The van der Waals surface area contributed by atoms with Crippen LogP contribution in [0.5, 0.6) is 5.75 Å². The first kappa shape index (κ1) is 42.8. The van der Waals surface area contributed by atoms with Gasteiger partial charge in [0.1, 0.15) is 35.4 Å². The van der Waals surface area contributed by atoms with E-state index in [1.54, 1.807) is 64.3 Å². The summed E-state index contributed by atoms with van der Waals surface area (Å²) in [7, 11) is 2.76. The van der Waals surface area contributed by atoms with Gasteiger partial charge in [-0.15, -0.1) is 16.0 Å². The quantitative estimate of drug-likeness (QED) is 0.108. The smallest absolute Gasteiger partial charge is 0.418 e. The number of carbonyl (C=O) groups excluding carboxylic acids is 3. The number of hydrogen-bond acceptors (Lipinski definition) is 12. The molecule has 0 fully saturated rings. The number of carbonyl (C=O) groups is 3. The molecular weight excluding hydrogens is 775 g/mol. The van der Waals surface area contributed by atoms with E-state index in [1.807, 2.05) is 0 Å². The Kier molecular flexibility index (Phi) is 12.9. The number of amides is 2. The highest BCUT2D eigenvalue weighted by Gasteiger charge is 2.44. The van der Waals surface area contributed by atoms with Crippen LogP contribution in [0.15, 0.2) is 78.8 Å². The van der Waals surface area contributed by atoms with Gasteiger partial charge in [0.25, 0.3) is 6.33 Å². The summed E-state index contributed by atoms with van der Waals surface area (Å²) < 4.78 is 49.3. The number of anilines is 1. The van der Waals surface area contributed by atoms with Crippen molar-refractivity contribution < 1.29 is 47.0 Å². The SMILES string of the molecule is CC(C(=O)Oc1cccnc1N(C)C(=O)OC(C)[n+]1cnn(C[C@](O)(c2cc(F)ccc2F)[C@@H](C)c2nc(-c3ccc(C#N)cc3)cs2)c1)N(C)C(=O)OC(C)(C)C. The topological polar surface area (TPSA) is 177 Å². The maximum Gasteiger partial charge on any atom is 0.418 e. The first-order valence-electron chi connectivity index (χ1n) is 17.9. The third-order valence-electron chi connectivity index (χ3n) is 9.16. The van der Waals surface area contributed by atoms with E-state index in [-0.39, 0.29) is 23.7 Å². The average Bonchev–Trinajstić information content (AvgIpc) is 3.88. The van der Waals surface area contributed by atoms with Crippen LogP contribution in [0, 0.1) is 23.0 Å². The molecule has 1 N–H and O–H groups in total. The van der Waals surface area contributed by atoms with Gasteiger partial charge in [-0.2, -0.15) is 9.83 Å². The highest BCUT2D eigenvalue weighted by Crippen LogP contribution is 2.41. The summed E-state index contributed by atoms with van der Waals surface area (Å²) in [5.41, 5.74) is -1.39. The minimum absolute atomic E-state index is 0.0541. The minimum Gasteiger partial charge on any atom is -0.444 e. The Morgan fingerprint density at radius 1 is 1.05 bits per heavy atom. The van der Waals surface area contributed by atoms with Gasteiger partial charge in [0.2, 0.25) is 12.6 Å². The average molecular weight is 818 g/mol. The van der Waals surface area contributed by atoms with Gasteiger partial charge in [-0.1, -0.05) is 19.1 Å². The molecule has 0 spiro atoms. The Hall–Kier alpha value is -6.32. The van der Waals surface area contributed by atoms with Crippen LogP contribution in [-0.2, 0) is 26.4 Å². The summed E-state index contributed by atoms with van der Waals surface area (Å²) in [5, 5.41) is 28.0. The number of aromatic nitrogens is 5. The maximum absolute atomic E-state index is 15.4. The Morgan fingerprint density at radius 2 is 1.76 bits per heavy atom. The minimum atomic E-state index is -2.08. The molecule has 2 unspecified atom stereocenters. The van der Waals surface area contributed by atoms with Crippen LogP contribution >= 0.6 is 11.3 Å². The second-order valence-corrected chi connectivity index (χ2v) is 15.4. The van der Waals surface area contributed by atoms with Gasteiger partial charge in [-0.25, -0.2) is 33.1 Å². The van der Waals surface area contributed by atoms with Crippen molar-refractivity contribution in [2.75, 3.05) is 19.0 Å². The molecule has 0 bridgehead atoms. The fourth-order valence-electron chi connectivity index (χ4n) is 5.61. The van der Waals surface area contributed by atoms with Crippen LogP contribution < -0.4 is 14.2 Å². The fourth-order valence-corrected chi connectivity index (χ4v) is 6.58. The number of likely N-dealkylation sites (N-methyl/N-ethyl adjacent to an activating group) is 1.